The van der Waals surface area contributed by atoms with E-state index in [1.807, 2.05) is 31.2 Å². The van der Waals surface area contributed by atoms with Crippen LogP contribution in [0.2, 0.25) is 0 Å². The monoisotopic (exact) mass is 402 g/mol. The van der Waals surface area contributed by atoms with Crippen LogP contribution in [-0.2, 0) is 9.53 Å². The van der Waals surface area contributed by atoms with Crippen molar-refractivity contribution >= 4 is 17.7 Å². The van der Waals surface area contributed by atoms with E-state index in [2.05, 4.69) is 10.2 Å². The van der Waals surface area contributed by atoms with Gasteiger partial charge in [0, 0.05) is 10.5 Å². The molecule has 0 fully saturated rings. The molecule has 3 aromatic rings. The van der Waals surface area contributed by atoms with E-state index in [0.29, 0.717) is 12.2 Å². The summed E-state index contributed by atoms with van der Waals surface area (Å²) in [6.45, 7) is 4.18. The molecule has 0 bridgehead atoms. The van der Waals surface area contributed by atoms with Gasteiger partial charge in [0.05, 0.1) is 12.4 Å². The molecule has 0 N–H and O–H groups in total. The molecule has 8 heteroatoms. The Bertz CT molecular complexity index is 913. The van der Waals surface area contributed by atoms with Gasteiger partial charge in [0.25, 0.3) is 5.89 Å². The van der Waals surface area contributed by atoms with Crippen LogP contribution < -0.4 is 4.74 Å². The molecule has 0 aliphatic heterocycles. The number of carbonyl (C=O) groups is 1. The minimum atomic E-state index is -0.685. The first-order valence-corrected chi connectivity index (χ1v) is 9.68. The van der Waals surface area contributed by atoms with Gasteiger partial charge in [0.15, 0.2) is 6.10 Å². The Hall–Kier alpha value is -2.87. The molecule has 0 amide bonds. The van der Waals surface area contributed by atoms with Crippen molar-refractivity contribution in [3.8, 4) is 17.2 Å². The number of esters is 1. The minimum absolute atomic E-state index is 0.150. The Morgan fingerprint density at radius 3 is 2.54 bits per heavy atom. The maximum absolute atomic E-state index is 13.0. The Morgan fingerprint density at radius 1 is 1.14 bits per heavy atom. The SMILES string of the molecule is CCOc1ccc(SCC(=O)O[C@@H](C)c2nnc(-c3ccc(F)cc3)o2)cc1. The zero-order chi connectivity index (χ0) is 19.9. The zero-order valence-corrected chi connectivity index (χ0v) is 16.2. The molecule has 1 atom stereocenters. The highest BCUT2D eigenvalue weighted by atomic mass is 32.2. The second-order valence-electron chi connectivity index (χ2n) is 5.78. The number of hydrogen-bond donors (Lipinski definition) is 0. The molecule has 0 aliphatic carbocycles. The summed E-state index contributed by atoms with van der Waals surface area (Å²) in [4.78, 5) is 13.0. The summed E-state index contributed by atoms with van der Waals surface area (Å²) in [5.41, 5.74) is 0.588. The Labute approximate surface area is 166 Å². The summed E-state index contributed by atoms with van der Waals surface area (Å²) in [6.07, 6.45) is -0.685. The first-order valence-electron chi connectivity index (χ1n) is 8.69. The third-order valence-electron chi connectivity index (χ3n) is 3.68. The third-order valence-corrected chi connectivity index (χ3v) is 4.66. The van der Waals surface area contributed by atoms with Gasteiger partial charge in [0.1, 0.15) is 11.6 Å². The average molecular weight is 402 g/mol. The molecule has 28 heavy (non-hydrogen) atoms. The predicted molar refractivity (Wildman–Crippen MR) is 103 cm³/mol. The van der Waals surface area contributed by atoms with Crippen molar-refractivity contribution in [1.29, 1.82) is 0 Å². The Kier molecular flexibility index (Phi) is 6.65. The Balaban J connectivity index is 1.52. The van der Waals surface area contributed by atoms with Crippen molar-refractivity contribution in [2.75, 3.05) is 12.4 Å². The van der Waals surface area contributed by atoms with Gasteiger partial charge < -0.3 is 13.9 Å². The first kappa shape index (κ1) is 19.9. The van der Waals surface area contributed by atoms with Gasteiger partial charge in [-0.1, -0.05) is 0 Å². The first-order chi connectivity index (χ1) is 13.5. The van der Waals surface area contributed by atoms with Gasteiger partial charge in [-0.15, -0.1) is 22.0 Å². The number of aromatic nitrogens is 2. The van der Waals surface area contributed by atoms with Crippen LogP contribution in [0.3, 0.4) is 0 Å². The second kappa shape index (κ2) is 9.36. The lowest BCUT2D eigenvalue weighted by atomic mass is 10.2. The zero-order valence-electron chi connectivity index (χ0n) is 15.4. The number of hydrogen-bond acceptors (Lipinski definition) is 7. The fraction of sp³-hybridized carbons (Fsp3) is 0.250. The van der Waals surface area contributed by atoms with E-state index in [1.54, 1.807) is 6.92 Å². The Morgan fingerprint density at radius 2 is 1.86 bits per heavy atom. The smallest absolute Gasteiger partial charge is 0.317 e. The van der Waals surface area contributed by atoms with Crippen molar-refractivity contribution in [3.63, 3.8) is 0 Å². The lowest BCUT2D eigenvalue weighted by molar-refractivity contribution is -0.146. The molecule has 6 nitrogen and oxygen atoms in total. The standard InChI is InChI=1S/C20H19FN2O4S/c1-3-25-16-8-10-17(11-9-16)28-12-18(24)26-13(2)19-22-23-20(27-19)14-4-6-15(21)7-5-14/h4-11,13H,3,12H2,1-2H3/t13-/m0/s1. The van der Waals surface area contributed by atoms with Crippen molar-refractivity contribution < 1.29 is 23.1 Å². The van der Waals surface area contributed by atoms with E-state index in [1.165, 1.54) is 36.0 Å². The van der Waals surface area contributed by atoms with Crippen LogP contribution in [0, 0.1) is 5.82 Å². The van der Waals surface area contributed by atoms with Gasteiger partial charge in [-0.3, -0.25) is 4.79 Å². The summed E-state index contributed by atoms with van der Waals surface area (Å²) in [5.74, 6) is 0.609. The highest BCUT2D eigenvalue weighted by Crippen LogP contribution is 2.25. The van der Waals surface area contributed by atoms with E-state index in [4.69, 9.17) is 13.9 Å². The summed E-state index contributed by atoms with van der Waals surface area (Å²) >= 11 is 1.36. The van der Waals surface area contributed by atoms with Gasteiger partial charge in [-0.05, 0) is 62.4 Å². The second-order valence-corrected chi connectivity index (χ2v) is 6.83. The fourth-order valence-electron chi connectivity index (χ4n) is 2.33. The molecule has 1 aromatic heterocycles. The van der Waals surface area contributed by atoms with Crippen LogP contribution in [-0.4, -0.2) is 28.5 Å². The topological polar surface area (TPSA) is 74.5 Å². The van der Waals surface area contributed by atoms with Gasteiger partial charge >= 0.3 is 5.97 Å². The summed E-state index contributed by atoms with van der Waals surface area (Å²) in [5, 5.41) is 7.82. The van der Waals surface area contributed by atoms with Gasteiger partial charge in [-0.25, -0.2) is 4.39 Å². The minimum Gasteiger partial charge on any atom is -0.494 e. The largest absolute Gasteiger partial charge is 0.494 e. The van der Waals surface area contributed by atoms with Crippen molar-refractivity contribution in [1.82, 2.24) is 10.2 Å². The van der Waals surface area contributed by atoms with E-state index in [-0.39, 0.29) is 23.4 Å². The lowest BCUT2D eigenvalue weighted by Crippen LogP contribution is -2.11. The van der Waals surface area contributed by atoms with Crippen LogP contribution in [0.5, 0.6) is 5.75 Å². The number of carbonyl (C=O) groups excluding carboxylic acids is 1. The van der Waals surface area contributed by atoms with Crippen LogP contribution in [0.25, 0.3) is 11.5 Å². The molecule has 1 heterocycles. The molecule has 146 valence electrons. The average Bonchev–Trinajstić information content (AvgIpc) is 3.19. The van der Waals surface area contributed by atoms with Crippen LogP contribution in [0.4, 0.5) is 4.39 Å². The normalized spacial score (nSPS) is 11.8. The number of thioether (sulfide) groups is 1. The molecule has 0 saturated carbocycles. The van der Waals surface area contributed by atoms with E-state index in [0.717, 1.165) is 10.6 Å². The lowest BCUT2D eigenvalue weighted by Gasteiger charge is -2.09. The maximum Gasteiger partial charge on any atom is 0.317 e. The fourth-order valence-corrected chi connectivity index (χ4v) is 3.01. The van der Waals surface area contributed by atoms with Gasteiger partial charge in [-0.2, -0.15) is 0 Å². The third kappa shape index (κ3) is 5.32. The maximum atomic E-state index is 13.0. The number of nitrogens with zero attached hydrogens (tertiary/aromatic N) is 2. The van der Waals surface area contributed by atoms with E-state index < -0.39 is 12.1 Å². The molecule has 0 spiro atoms. The number of halogens is 1. The molecule has 0 saturated heterocycles. The molecule has 0 radical (unpaired) electrons. The molecule has 0 aliphatic rings. The highest BCUT2D eigenvalue weighted by Gasteiger charge is 2.19. The quantitative estimate of drug-likeness (QED) is 0.400. The number of ether oxygens (including phenoxy) is 2. The van der Waals surface area contributed by atoms with Crippen LogP contribution in [0.15, 0.2) is 57.8 Å². The molecular formula is C20H19FN2O4S. The van der Waals surface area contributed by atoms with E-state index >= 15 is 0 Å². The molecule has 2 aromatic carbocycles. The molecule has 0 unspecified atom stereocenters. The van der Waals surface area contributed by atoms with Crippen molar-refractivity contribution in [2.45, 2.75) is 24.8 Å². The van der Waals surface area contributed by atoms with Gasteiger partial charge in [0.2, 0.25) is 5.89 Å². The van der Waals surface area contributed by atoms with Crippen LogP contribution >= 0.6 is 11.8 Å². The van der Waals surface area contributed by atoms with Crippen molar-refractivity contribution in [3.05, 3.63) is 60.2 Å². The van der Waals surface area contributed by atoms with Crippen LogP contribution in [0.1, 0.15) is 25.8 Å². The summed E-state index contributed by atoms with van der Waals surface area (Å²) in [7, 11) is 0. The summed E-state index contributed by atoms with van der Waals surface area (Å²) in [6, 6.07) is 13.2. The highest BCUT2D eigenvalue weighted by molar-refractivity contribution is 8.00. The van der Waals surface area contributed by atoms with E-state index in [9.17, 15) is 9.18 Å². The number of rotatable bonds is 8. The number of benzene rings is 2. The molecular weight excluding hydrogens is 383 g/mol. The van der Waals surface area contributed by atoms with Crippen molar-refractivity contribution in [2.24, 2.45) is 0 Å². The predicted octanol–water partition coefficient (Wildman–Crippen LogP) is 4.67. The summed E-state index contributed by atoms with van der Waals surface area (Å²) < 4.78 is 29.3. The molecule has 3 rings (SSSR count).